The second-order valence-electron chi connectivity index (χ2n) is 7.33. The van der Waals surface area contributed by atoms with Crippen molar-refractivity contribution in [3.63, 3.8) is 0 Å². The first-order valence-electron chi connectivity index (χ1n) is 9.91. The fourth-order valence-corrected chi connectivity index (χ4v) is 4.28. The smallest absolute Gasteiger partial charge is 0.283 e. The lowest BCUT2D eigenvalue weighted by Gasteiger charge is -2.20. The summed E-state index contributed by atoms with van der Waals surface area (Å²) in [6.45, 7) is 0.129. The predicted molar refractivity (Wildman–Crippen MR) is 121 cm³/mol. The van der Waals surface area contributed by atoms with E-state index in [0.29, 0.717) is 10.6 Å². The van der Waals surface area contributed by atoms with Crippen molar-refractivity contribution in [1.29, 1.82) is 0 Å². The third kappa shape index (κ3) is 5.32. The van der Waals surface area contributed by atoms with Crippen molar-refractivity contribution in [2.24, 2.45) is 5.73 Å². The van der Waals surface area contributed by atoms with E-state index in [1.54, 1.807) is 29.2 Å². The van der Waals surface area contributed by atoms with E-state index in [2.05, 4.69) is 10.2 Å². The number of nitrogens with two attached hydrogens (primary N) is 1. The van der Waals surface area contributed by atoms with Crippen molar-refractivity contribution in [3.8, 4) is 11.5 Å². The summed E-state index contributed by atoms with van der Waals surface area (Å²) in [5.41, 5.74) is 5.56. The number of carbonyl (C=O) groups is 2. The van der Waals surface area contributed by atoms with Gasteiger partial charge in [0.1, 0.15) is 0 Å². The van der Waals surface area contributed by atoms with E-state index in [-0.39, 0.29) is 52.2 Å². The molecule has 1 fully saturated rings. The number of nitrogens with zero attached hydrogens (tertiary/aromatic N) is 4. The summed E-state index contributed by atoms with van der Waals surface area (Å²) < 4.78 is 5.72. The topological polar surface area (TPSA) is 145 Å². The Morgan fingerprint density at radius 3 is 2.67 bits per heavy atom. The minimum absolute atomic E-state index is 0.0290. The van der Waals surface area contributed by atoms with Crippen LogP contribution in [0.25, 0.3) is 11.5 Å². The molecule has 170 valence electrons. The van der Waals surface area contributed by atoms with E-state index in [9.17, 15) is 19.7 Å². The number of hydrogen-bond donors (Lipinski definition) is 1. The normalized spacial score (nSPS) is 13.0. The highest BCUT2D eigenvalue weighted by Crippen LogP contribution is 2.33. The summed E-state index contributed by atoms with van der Waals surface area (Å²) in [4.78, 5) is 36.9. The maximum absolute atomic E-state index is 12.9. The van der Waals surface area contributed by atoms with Crippen LogP contribution < -0.4 is 5.73 Å². The Morgan fingerprint density at radius 2 is 2.00 bits per heavy atom. The number of nitro benzene ring substituents is 1. The van der Waals surface area contributed by atoms with Gasteiger partial charge < -0.3 is 15.1 Å². The number of amides is 2. The quantitative estimate of drug-likeness (QED) is 0.273. The van der Waals surface area contributed by atoms with Gasteiger partial charge in [0.15, 0.2) is 0 Å². The second kappa shape index (κ2) is 9.59. The maximum atomic E-state index is 12.9. The molecule has 12 heteroatoms. The van der Waals surface area contributed by atoms with E-state index < -0.39 is 10.8 Å². The molecule has 10 nitrogen and oxygen atoms in total. The molecule has 1 heterocycles. The van der Waals surface area contributed by atoms with Gasteiger partial charge in [0.05, 0.1) is 32.7 Å². The molecular formula is C21H18ClN5O5S. The highest BCUT2D eigenvalue weighted by Gasteiger charge is 2.34. The van der Waals surface area contributed by atoms with Gasteiger partial charge in [0.25, 0.3) is 5.69 Å². The Kier molecular flexibility index (Phi) is 6.61. The van der Waals surface area contributed by atoms with Crippen molar-refractivity contribution in [2.75, 3.05) is 5.75 Å². The number of benzene rings is 2. The SMILES string of the molecule is NC(=O)c1ccc(SCC(=O)N(Cc2nnc(-c3ccccc3Cl)o2)C2CC2)c([N+](=O)[O-])c1. The second-order valence-corrected chi connectivity index (χ2v) is 8.75. The minimum Gasteiger partial charge on any atom is -0.419 e. The first-order valence-corrected chi connectivity index (χ1v) is 11.3. The Balaban J connectivity index is 1.46. The van der Waals surface area contributed by atoms with Crippen molar-refractivity contribution in [3.05, 3.63) is 69.1 Å². The summed E-state index contributed by atoms with van der Waals surface area (Å²) in [6.07, 6.45) is 1.71. The monoisotopic (exact) mass is 487 g/mol. The number of aromatic nitrogens is 2. The minimum atomic E-state index is -0.763. The number of nitro groups is 1. The summed E-state index contributed by atoms with van der Waals surface area (Å²) in [5.74, 6) is -0.474. The molecule has 2 N–H and O–H groups in total. The van der Waals surface area contributed by atoms with Crippen LogP contribution >= 0.6 is 23.4 Å². The molecule has 2 aromatic carbocycles. The molecule has 0 atom stereocenters. The van der Waals surface area contributed by atoms with Crippen LogP contribution in [0.15, 0.2) is 51.8 Å². The van der Waals surface area contributed by atoms with Gasteiger partial charge in [-0.3, -0.25) is 19.7 Å². The molecule has 4 rings (SSSR count). The molecule has 3 aromatic rings. The lowest BCUT2D eigenvalue weighted by atomic mass is 10.2. The van der Waals surface area contributed by atoms with Crippen LogP contribution in [0.4, 0.5) is 5.69 Å². The lowest BCUT2D eigenvalue weighted by Crippen LogP contribution is -2.34. The van der Waals surface area contributed by atoms with E-state index in [1.165, 1.54) is 12.1 Å². The Hall–Kier alpha value is -3.44. The number of halogens is 1. The lowest BCUT2D eigenvalue weighted by molar-refractivity contribution is -0.387. The Morgan fingerprint density at radius 1 is 1.24 bits per heavy atom. The van der Waals surface area contributed by atoms with Crippen molar-refractivity contribution >= 4 is 40.9 Å². The number of thioether (sulfide) groups is 1. The van der Waals surface area contributed by atoms with Crippen LogP contribution in [0.2, 0.25) is 5.02 Å². The molecule has 0 aliphatic heterocycles. The summed E-state index contributed by atoms with van der Waals surface area (Å²) in [7, 11) is 0. The molecule has 1 saturated carbocycles. The zero-order valence-electron chi connectivity index (χ0n) is 17.1. The van der Waals surface area contributed by atoms with E-state index >= 15 is 0 Å². The van der Waals surface area contributed by atoms with Crippen molar-refractivity contribution in [2.45, 2.75) is 30.3 Å². The van der Waals surface area contributed by atoms with Gasteiger partial charge >= 0.3 is 0 Å². The van der Waals surface area contributed by atoms with Gasteiger partial charge in [-0.25, -0.2) is 0 Å². The third-order valence-corrected chi connectivity index (χ3v) is 6.35. The van der Waals surface area contributed by atoms with Crippen LogP contribution in [-0.4, -0.2) is 43.6 Å². The highest BCUT2D eigenvalue weighted by atomic mass is 35.5. The molecule has 0 spiro atoms. The van der Waals surface area contributed by atoms with Crippen molar-refractivity contribution < 1.29 is 18.9 Å². The molecule has 1 aliphatic rings. The van der Waals surface area contributed by atoms with Gasteiger partial charge in [-0.15, -0.1) is 22.0 Å². The molecule has 2 amide bonds. The molecule has 33 heavy (non-hydrogen) atoms. The largest absolute Gasteiger partial charge is 0.419 e. The standard InChI is InChI=1S/C21H18ClN5O5S/c22-15-4-2-1-3-14(15)21-25-24-18(32-21)10-26(13-6-7-13)19(28)11-33-17-8-5-12(20(23)29)9-16(17)27(30)31/h1-5,8-9,13H,6-7,10-11H2,(H2,23,29). The fourth-order valence-electron chi connectivity index (χ4n) is 3.17. The molecule has 0 radical (unpaired) electrons. The highest BCUT2D eigenvalue weighted by molar-refractivity contribution is 8.00. The number of hydrogen-bond acceptors (Lipinski definition) is 8. The van der Waals surface area contributed by atoms with Crippen LogP contribution in [0.3, 0.4) is 0 Å². The molecule has 1 aliphatic carbocycles. The summed E-state index contributed by atoms with van der Waals surface area (Å²) >= 11 is 7.20. The Labute approximate surface area is 197 Å². The zero-order chi connectivity index (χ0) is 23.5. The summed E-state index contributed by atoms with van der Waals surface area (Å²) in [6, 6.07) is 11.1. The van der Waals surface area contributed by atoms with Gasteiger partial charge in [0.2, 0.25) is 23.6 Å². The predicted octanol–water partition coefficient (Wildman–Crippen LogP) is 3.68. The van der Waals surface area contributed by atoms with Crippen LogP contribution in [0.1, 0.15) is 29.1 Å². The van der Waals surface area contributed by atoms with Crippen LogP contribution in [0.5, 0.6) is 0 Å². The fraction of sp³-hybridized carbons (Fsp3) is 0.238. The average Bonchev–Trinajstić information content (AvgIpc) is 3.53. The van der Waals surface area contributed by atoms with Gasteiger partial charge in [-0.05, 0) is 37.1 Å². The first kappa shape index (κ1) is 22.7. The molecular weight excluding hydrogens is 470 g/mol. The van der Waals surface area contributed by atoms with Gasteiger partial charge in [0, 0.05) is 17.7 Å². The van der Waals surface area contributed by atoms with Crippen LogP contribution in [-0.2, 0) is 11.3 Å². The summed E-state index contributed by atoms with van der Waals surface area (Å²) in [5, 5.41) is 19.9. The van der Waals surface area contributed by atoms with E-state index in [1.807, 2.05) is 0 Å². The average molecular weight is 488 g/mol. The maximum Gasteiger partial charge on any atom is 0.283 e. The van der Waals surface area contributed by atoms with Crippen LogP contribution in [0, 0.1) is 10.1 Å². The zero-order valence-corrected chi connectivity index (χ0v) is 18.7. The van der Waals surface area contributed by atoms with Gasteiger partial charge in [-0.1, -0.05) is 23.7 Å². The molecule has 0 saturated heterocycles. The first-order chi connectivity index (χ1) is 15.8. The number of rotatable bonds is 9. The Bertz CT molecular complexity index is 1230. The third-order valence-electron chi connectivity index (χ3n) is 4.98. The number of primary amides is 1. The van der Waals surface area contributed by atoms with Gasteiger partial charge in [-0.2, -0.15) is 0 Å². The van der Waals surface area contributed by atoms with E-state index in [0.717, 1.165) is 30.7 Å². The molecule has 0 bridgehead atoms. The number of carbonyl (C=O) groups excluding carboxylic acids is 2. The molecule has 1 aromatic heterocycles. The molecule has 0 unspecified atom stereocenters. The van der Waals surface area contributed by atoms with Crippen molar-refractivity contribution in [1.82, 2.24) is 15.1 Å². The van der Waals surface area contributed by atoms with E-state index in [4.69, 9.17) is 21.8 Å².